The van der Waals surface area contributed by atoms with Gasteiger partial charge in [-0.15, -0.1) is 0 Å². The van der Waals surface area contributed by atoms with Gasteiger partial charge in [0.25, 0.3) is 0 Å². The lowest BCUT2D eigenvalue weighted by Crippen LogP contribution is -2.40. The van der Waals surface area contributed by atoms with Gasteiger partial charge in [0.05, 0.1) is 12.1 Å². The van der Waals surface area contributed by atoms with Gasteiger partial charge in [-0.05, 0) is 19.1 Å². The van der Waals surface area contributed by atoms with E-state index in [4.69, 9.17) is 0 Å². The molecule has 1 heterocycles. The zero-order valence-electron chi connectivity index (χ0n) is 11.7. The zero-order chi connectivity index (χ0) is 13.6. The normalized spacial score (nSPS) is 15.0. The first kappa shape index (κ1) is 15.5. The highest BCUT2D eigenvalue weighted by atomic mass is 32.2. The Bertz CT molecular complexity index is 352. The Morgan fingerprint density at radius 3 is 2.89 bits per heavy atom. The number of aromatic nitrogens is 3. The molecule has 0 saturated heterocycles. The Hall–Kier alpha value is -0.590. The highest BCUT2D eigenvalue weighted by Crippen LogP contribution is 2.09. The summed E-state index contributed by atoms with van der Waals surface area (Å²) in [5, 5.41) is 17.5. The van der Waals surface area contributed by atoms with Crippen LogP contribution in [-0.4, -0.2) is 44.0 Å². The molecule has 0 amide bonds. The summed E-state index contributed by atoms with van der Waals surface area (Å²) in [6, 6.07) is 0. The SMILES string of the molecule is CSCC(C)(O)CNCc1ncnn1CC(C)C. The smallest absolute Gasteiger partial charge is 0.140 e. The van der Waals surface area contributed by atoms with Gasteiger partial charge in [-0.2, -0.15) is 16.9 Å². The van der Waals surface area contributed by atoms with E-state index in [1.165, 1.54) is 0 Å². The number of aliphatic hydroxyl groups is 1. The van der Waals surface area contributed by atoms with Gasteiger partial charge in [-0.3, -0.25) is 0 Å². The van der Waals surface area contributed by atoms with Crippen LogP contribution in [0, 0.1) is 5.92 Å². The van der Waals surface area contributed by atoms with Crippen LogP contribution in [0.3, 0.4) is 0 Å². The van der Waals surface area contributed by atoms with Crippen LogP contribution in [0.15, 0.2) is 6.33 Å². The molecule has 0 aliphatic heterocycles. The van der Waals surface area contributed by atoms with Crippen LogP contribution in [0.1, 0.15) is 26.6 Å². The van der Waals surface area contributed by atoms with Crippen LogP contribution in [0.4, 0.5) is 0 Å². The van der Waals surface area contributed by atoms with E-state index < -0.39 is 5.60 Å². The summed E-state index contributed by atoms with van der Waals surface area (Å²) >= 11 is 1.64. The van der Waals surface area contributed by atoms with Crippen molar-refractivity contribution in [2.45, 2.75) is 39.5 Å². The summed E-state index contributed by atoms with van der Waals surface area (Å²) in [7, 11) is 0. The largest absolute Gasteiger partial charge is 0.388 e. The Labute approximate surface area is 113 Å². The molecule has 5 nitrogen and oxygen atoms in total. The lowest BCUT2D eigenvalue weighted by molar-refractivity contribution is 0.0842. The lowest BCUT2D eigenvalue weighted by Gasteiger charge is -2.22. The summed E-state index contributed by atoms with van der Waals surface area (Å²) in [5.74, 6) is 2.19. The van der Waals surface area contributed by atoms with E-state index in [1.807, 2.05) is 17.9 Å². The number of hydrogen-bond donors (Lipinski definition) is 2. The van der Waals surface area contributed by atoms with E-state index in [0.717, 1.165) is 18.1 Å². The fourth-order valence-corrected chi connectivity index (χ4v) is 2.45. The number of thioether (sulfide) groups is 1. The molecular weight excluding hydrogens is 248 g/mol. The van der Waals surface area contributed by atoms with Gasteiger partial charge in [0.2, 0.25) is 0 Å². The second-order valence-corrected chi connectivity index (χ2v) is 6.15. The minimum Gasteiger partial charge on any atom is -0.388 e. The van der Waals surface area contributed by atoms with Gasteiger partial charge in [-0.25, -0.2) is 9.67 Å². The van der Waals surface area contributed by atoms with Crippen molar-refractivity contribution in [2.24, 2.45) is 5.92 Å². The van der Waals surface area contributed by atoms with Gasteiger partial charge in [0.1, 0.15) is 12.2 Å². The summed E-state index contributed by atoms with van der Waals surface area (Å²) < 4.78 is 1.92. The van der Waals surface area contributed by atoms with E-state index in [1.54, 1.807) is 18.1 Å². The second kappa shape index (κ2) is 7.11. The monoisotopic (exact) mass is 272 g/mol. The average molecular weight is 272 g/mol. The molecule has 0 bridgehead atoms. The highest BCUT2D eigenvalue weighted by Gasteiger charge is 2.19. The lowest BCUT2D eigenvalue weighted by atomic mass is 10.1. The molecule has 0 fully saturated rings. The molecule has 0 aliphatic rings. The summed E-state index contributed by atoms with van der Waals surface area (Å²) in [4.78, 5) is 4.24. The first-order valence-corrected chi connectivity index (χ1v) is 7.62. The fraction of sp³-hybridized carbons (Fsp3) is 0.833. The van der Waals surface area contributed by atoms with Gasteiger partial charge >= 0.3 is 0 Å². The minimum atomic E-state index is -0.678. The van der Waals surface area contributed by atoms with Gasteiger partial charge in [0.15, 0.2) is 0 Å². The van der Waals surface area contributed by atoms with Crippen LogP contribution in [0.5, 0.6) is 0 Å². The quantitative estimate of drug-likeness (QED) is 0.743. The number of hydrogen-bond acceptors (Lipinski definition) is 5. The van der Waals surface area contributed by atoms with E-state index in [2.05, 4.69) is 29.2 Å². The van der Waals surface area contributed by atoms with E-state index >= 15 is 0 Å². The first-order valence-electron chi connectivity index (χ1n) is 6.23. The first-order chi connectivity index (χ1) is 8.44. The topological polar surface area (TPSA) is 63.0 Å². The predicted molar refractivity (Wildman–Crippen MR) is 75.6 cm³/mol. The molecule has 104 valence electrons. The molecule has 6 heteroatoms. The molecule has 0 aliphatic carbocycles. The Balaban J connectivity index is 2.42. The Morgan fingerprint density at radius 1 is 1.56 bits per heavy atom. The van der Waals surface area contributed by atoms with Crippen molar-refractivity contribution in [1.82, 2.24) is 20.1 Å². The molecule has 1 aromatic rings. The molecule has 0 radical (unpaired) electrons. The summed E-state index contributed by atoms with van der Waals surface area (Å²) in [5.41, 5.74) is -0.678. The van der Waals surface area contributed by atoms with Gasteiger partial charge < -0.3 is 10.4 Å². The predicted octanol–water partition coefficient (Wildman–Crippen LogP) is 1.14. The molecule has 2 N–H and O–H groups in total. The summed E-state index contributed by atoms with van der Waals surface area (Å²) in [6.07, 6.45) is 3.58. The van der Waals surface area contributed by atoms with Crippen molar-refractivity contribution < 1.29 is 5.11 Å². The number of nitrogens with zero attached hydrogens (tertiary/aromatic N) is 3. The van der Waals surface area contributed by atoms with Crippen LogP contribution in [-0.2, 0) is 13.1 Å². The molecule has 1 aromatic heterocycles. The Morgan fingerprint density at radius 2 is 2.28 bits per heavy atom. The number of nitrogens with one attached hydrogen (secondary N) is 1. The van der Waals surface area contributed by atoms with Gasteiger partial charge in [0, 0.05) is 18.8 Å². The third-order valence-electron chi connectivity index (χ3n) is 2.48. The molecular formula is C12H24N4OS. The maximum atomic E-state index is 10.0. The van der Waals surface area contributed by atoms with Crippen molar-refractivity contribution in [1.29, 1.82) is 0 Å². The molecule has 0 aromatic carbocycles. The Kier molecular flexibility index (Phi) is 6.11. The average Bonchev–Trinajstić information content (AvgIpc) is 2.64. The van der Waals surface area contributed by atoms with Crippen molar-refractivity contribution in [2.75, 3.05) is 18.6 Å². The molecule has 0 spiro atoms. The van der Waals surface area contributed by atoms with Crippen LogP contribution >= 0.6 is 11.8 Å². The van der Waals surface area contributed by atoms with Crippen molar-refractivity contribution in [3.63, 3.8) is 0 Å². The third-order valence-corrected chi connectivity index (χ3v) is 3.39. The zero-order valence-corrected chi connectivity index (χ0v) is 12.5. The maximum absolute atomic E-state index is 10.0. The molecule has 1 atom stereocenters. The number of rotatable bonds is 8. The van der Waals surface area contributed by atoms with E-state index in [-0.39, 0.29) is 0 Å². The van der Waals surface area contributed by atoms with Crippen molar-refractivity contribution in [3.05, 3.63) is 12.2 Å². The molecule has 18 heavy (non-hydrogen) atoms. The minimum absolute atomic E-state index is 0.546. The fourth-order valence-electron chi connectivity index (χ4n) is 1.73. The highest BCUT2D eigenvalue weighted by molar-refractivity contribution is 7.98. The van der Waals surface area contributed by atoms with E-state index in [9.17, 15) is 5.11 Å². The molecule has 1 rings (SSSR count). The third kappa shape index (κ3) is 5.37. The second-order valence-electron chi connectivity index (χ2n) is 5.29. The van der Waals surface area contributed by atoms with E-state index in [0.29, 0.717) is 19.0 Å². The standard InChI is InChI=1S/C12H24N4OS/c1-10(2)6-16-11(14-9-15-16)5-13-7-12(3,17)8-18-4/h9-10,13,17H,5-8H2,1-4H3. The summed E-state index contributed by atoms with van der Waals surface area (Å²) in [6.45, 7) is 8.22. The molecule has 1 unspecified atom stereocenters. The maximum Gasteiger partial charge on any atom is 0.140 e. The van der Waals surface area contributed by atoms with Crippen LogP contribution in [0.25, 0.3) is 0 Å². The van der Waals surface area contributed by atoms with Gasteiger partial charge in [-0.1, -0.05) is 13.8 Å². The van der Waals surface area contributed by atoms with Crippen LogP contribution in [0.2, 0.25) is 0 Å². The van der Waals surface area contributed by atoms with Crippen molar-refractivity contribution >= 4 is 11.8 Å². The van der Waals surface area contributed by atoms with Crippen molar-refractivity contribution in [3.8, 4) is 0 Å². The molecule has 0 saturated carbocycles. The van der Waals surface area contributed by atoms with Crippen LogP contribution < -0.4 is 5.32 Å².